The smallest absolute Gasteiger partial charge is 0.240 e. The fourth-order valence-electron chi connectivity index (χ4n) is 3.33. The summed E-state index contributed by atoms with van der Waals surface area (Å²) in [4.78, 5) is 10.9. The summed E-state index contributed by atoms with van der Waals surface area (Å²) in [6.45, 7) is 3.70. The quantitative estimate of drug-likeness (QED) is 0.653. The lowest BCUT2D eigenvalue weighted by atomic mass is 10.3. The first kappa shape index (κ1) is 19.7. The molecule has 10 heteroatoms. The zero-order valence-corrected chi connectivity index (χ0v) is 17.0. The predicted octanol–water partition coefficient (Wildman–Crippen LogP) is 1.63. The lowest BCUT2D eigenvalue weighted by Gasteiger charge is -2.16. The van der Waals surface area contributed by atoms with Gasteiger partial charge in [0, 0.05) is 44.7 Å². The van der Waals surface area contributed by atoms with E-state index in [2.05, 4.69) is 24.9 Å². The Labute approximate surface area is 170 Å². The number of hydrogen-bond acceptors (Lipinski definition) is 8. The topological polar surface area (TPSA) is 106 Å². The van der Waals surface area contributed by atoms with Gasteiger partial charge in [0.15, 0.2) is 11.5 Å². The minimum Gasteiger partial charge on any atom is -0.490 e. The molecule has 1 fully saturated rings. The first-order chi connectivity index (χ1) is 14.1. The maximum atomic E-state index is 12.6. The molecule has 0 atom stereocenters. The molecule has 1 saturated heterocycles. The van der Waals surface area contributed by atoms with E-state index >= 15 is 0 Å². The Bertz CT molecular complexity index is 947. The van der Waals surface area contributed by atoms with Gasteiger partial charge < -0.3 is 19.7 Å². The molecule has 0 unspecified atom stereocenters. The van der Waals surface area contributed by atoms with Gasteiger partial charge in [0.25, 0.3) is 0 Å². The van der Waals surface area contributed by atoms with E-state index < -0.39 is 10.0 Å². The van der Waals surface area contributed by atoms with Crippen molar-refractivity contribution in [1.29, 1.82) is 0 Å². The highest BCUT2D eigenvalue weighted by Crippen LogP contribution is 2.31. The molecule has 1 aromatic heterocycles. The number of nitrogens with one attached hydrogen (secondary N) is 2. The molecule has 156 valence electrons. The van der Waals surface area contributed by atoms with Crippen molar-refractivity contribution in [2.75, 3.05) is 49.6 Å². The predicted molar refractivity (Wildman–Crippen MR) is 109 cm³/mol. The minimum absolute atomic E-state index is 0.153. The summed E-state index contributed by atoms with van der Waals surface area (Å²) in [5.41, 5.74) is 0. The standard InChI is InChI=1S/C19H25N5O4S/c25-29(26,15-4-5-16-17(12-15)28-11-3-10-27-16)23-7-6-20-18-13-19(22-14-21-18)24-8-1-2-9-24/h4-5,12-14,23H,1-3,6-11H2,(H,20,21,22). The van der Waals surface area contributed by atoms with Crippen molar-refractivity contribution in [3.8, 4) is 11.5 Å². The number of anilines is 2. The molecule has 2 aliphatic rings. The largest absolute Gasteiger partial charge is 0.490 e. The van der Waals surface area contributed by atoms with E-state index in [9.17, 15) is 8.42 Å². The van der Waals surface area contributed by atoms with Crippen molar-refractivity contribution >= 4 is 21.7 Å². The third-order valence-corrected chi connectivity index (χ3v) is 6.29. The highest BCUT2D eigenvalue weighted by Gasteiger charge is 2.18. The molecule has 0 amide bonds. The molecule has 0 spiro atoms. The van der Waals surface area contributed by atoms with E-state index in [1.54, 1.807) is 6.07 Å². The summed E-state index contributed by atoms with van der Waals surface area (Å²) < 4.78 is 38.9. The average Bonchev–Trinajstić information content (AvgIpc) is 3.17. The second-order valence-corrected chi connectivity index (χ2v) is 8.71. The molecular weight excluding hydrogens is 394 g/mol. The van der Waals surface area contributed by atoms with Crippen molar-refractivity contribution in [2.24, 2.45) is 0 Å². The van der Waals surface area contributed by atoms with Gasteiger partial charge in [0.1, 0.15) is 18.0 Å². The van der Waals surface area contributed by atoms with Gasteiger partial charge in [0.2, 0.25) is 10.0 Å². The molecule has 0 aliphatic carbocycles. The zero-order chi connectivity index (χ0) is 20.1. The van der Waals surface area contributed by atoms with Crippen LogP contribution in [-0.2, 0) is 10.0 Å². The molecule has 0 bridgehead atoms. The molecule has 1 aromatic carbocycles. The molecule has 4 rings (SSSR count). The van der Waals surface area contributed by atoms with Gasteiger partial charge in [-0.2, -0.15) is 0 Å². The van der Waals surface area contributed by atoms with Crippen LogP contribution >= 0.6 is 0 Å². The summed E-state index contributed by atoms with van der Waals surface area (Å²) in [7, 11) is -3.65. The Morgan fingerprint density at radius 1 is 0.966 bits per heavy atom. The molecule has 9 nitrogen and oxygen atoms in total. The number of fused-ring (bicyclic) bond motifs is 1. The SMILES string of the molecule is O=S(=O)(NCCNc1cc(N2CCCC2)ncn1)c1ccc2c(c1)OCCCO2. The molecule has 0 saturated carbocycles. The van der Waals surface area contributed by atoms with E-state index in [0.717, 1.165) is 25.3 Å². The lowest BCUT2D eigenvalue weighted by Crippen LogP contribution is -2.29. The summed E-state index contributed by atoms with van der Waals surface area (Å²) in [5, 5.41) is 3.14. The van der Waals surface area contributed by atoms with E-state index in [1.807, 2.05) is 6.07 Å². The Morgan fingerprint density at radius 2 is 1.76 bits per heavy atom. The van der Waals surface area contributed by atoms with Crippen molar-refractivity contribution in [3.63, 3.8) is 0 Å². The zero-order valence-electron chi connectivity index (χ0n) is 16.1. The average molecular weight is 420 g/mol. The van der Waals surface area contributed by atoms with Crippen LogP contribution in [0.2, 0.25) is 0 Å². The highest BCUT2D eigenvalue weighted by molar-refractivity contribution is 7.89. The van der Waals surface area contributed by atoms with E-state index in [-0.39, 0.29) is 11.4 Å². The summed E-state index contributed by atoms with van der Waals surface area (Å²) >= 11 is 0. The van der Waals surface area contributed by atoms with Crippen LogP contribution in [0.4, 0.5) is 11.6 Å². The van der Waals surface area contributed by atoms with Crippen molar-refractivity contribution in [1.82, 2.24) is 14.7 Å². The fraction of sp³-hybridized carbons (Fsp3) is 0.474. The van der Waals surface area contributed by atoms with Crippen LogP contribution in [-0.4, -0.2) is 57.8 Å². The van der Waals surface area contributed by atoms with Crippen LogP contribution in [0.25, 0.3) is 0 Å². The van der Waals surface area contributed by atoms with Gasteiger partial charge in [-0.1, -0.05) is 0 Å². The van der Waals surface area contributed by atoms with E-state index in [4.69, 9.17) is 9.47 Å². The molecule has 2 N–H and O–H groups in total. The fourth-order valence-corrected chi connectivity index (χ4v) is 4.38. The second kappa shape index (κ2) is 8.83. The first-order valence-corrected chi connectivity index (χ1v) is 11.3. The van der Waals surface area contributed by atoms with Crippen molar-refractivity contribution < 1.29 is 17.9 Å². The number of aromatic nitrogens is 2. The first-order valence-electron chi connectivity index (χ1n) is 9.82. The molecule has 0 radical (unpaired) electrons. The Hall–Kier alpha value is -2.59. The molecule has 3 heterocycles. The number of ether oxygens (including phenoxy) is 2. The number of sulfonamides is 1. The van der Waals surface area contributed by atoms with E-state index in [0.29, 0.717) is 37.1 Å². The van der Waals surface area contributed by atoms with Gasteiger partial charge in [-0.05, 0) is 25.0 Å². The maximum Gasteiger partial charge on any atom is 0.240 e. The monoisotopic (exact) mass is 419 g/mol. The number of hydrogen-bond donors (Lipinski definition) is 2. The number of rotatable bonds is 7. The molecular formula is C19H25N5O4S. The van der Waals surface area contributed by atoms with Crippen molar-refractivity contribution in [3.05, 3.63) is 30.6 Å². The third kappa shape index (κ3) is 4.88. The normalized spacial score (nSPS) is 16.5. The second-order valence-electron chi connectivity index (χ2n) is 6.94. The van der Waals surface area contributed by atoms with Crippen LogP contribution in [0.15, 0.2) is 35.5 Å². The van der Waals surface area contributed by atoms with Crippen LogP contribution in [0, 0.1) is 0 Å². The van der Waals surface area contributed by atoms with Gasteiger partial charge in [-0.25, -0.2) is 23.1 Å². The van der Waals surface area contributed by atoms with Gasteiger partial charge in [-0.15, -0.1) is 0 Å². The van der Waals surface area contributed by atoms with Crippen LogP contribution in [0.3, 0.4) is 0 Å². The Kier molecular flexibility index (Phi) is 6.00. The van der Waals surface area contributed by atoms with Gasteiger partial charge in [0.05, 0.1) is 18.1 Å². The number of nitrogens with zero attached hydrogens (tertiary/aromatic N) is 3. The lowest BCUT2D eigenvalue weighted by molar-refractivity contribution is 0.297. The van der Waals surface area contributed by atoms with Crippen molar-refractivity contribution in [2.45, 2.75) is 24.2 Å². The summed E-state index contributed by atoms with van der Waals surface area (Å²) in [6.07, 6.45) is 4.64. The Balaban J connectivity index is 1.32. The third-order valence-electron chi connectivity index (χ3n) is 4.84. The summed E-state index contributed by atoms with van der Waals surface area (Å²) in [6, 6.07) is 6.55. The van der Waals surface area contributed by atoms with Crippen LogP contribution < -0.4 is 24.4 Å². The number of benzene rings is 1. The van der Waals surface area contributed by atoms with Crippen LogP contribution in [0.1, 0.15) is 19.3 Å². The molecule has 2 aliphatic heterocycles. The van der Waals surface area contributed by atoms with Gasteiger partial charge in [-0.3, -0.25) is 0 Å². The molecule has 2 aromatic rings. The van der Waals surface area contributed by atoms with E-state index in [1.165, 1.54) is 31.3 Å². The Morgan fingerprint density at radius 3 is 2.59 bits per heavy atom. The van der Waals surface area contributed by atoms with Crippen LogP contribution in [0.5, 0.6) is 11.5 Å². The summed E-state index contributed by atoms with van der Waals surface area (Å²) in [5.74, 6) is 2.60. The van der Waals surface area contributed by atoms with Gasteiger partial charge >= 0.3 is 0 Å². The molecule has 29 heavy (non-hydrogen) atoms. The maximum absolute atomic E-state index is 12.6. The minimum atomic E-state index is -3.65. The highest BCUT2D eigenvalue weighted by atomic mass is 32.2.